The van der Waals surface area contributed by atoms with Crippen LogP contribution in [0, 0.1) is 0 Å². The number of hydrogen-bond donors (Lipinski definition) is 1. The van der Waals surface area contributed by atoms with E-state index in [9.17, 15) is 9.59 Å². The average molecular weight is 453 g/mol. The first-order valence-corrected chi connectivity index (χ1v) is 10.8. The van der Waals surface area contributed by atoms with Crippen LogP contribution in [-0.4, -0.2) is 12.1 Å². The third-order valence-corrected chi connectivity index (χ3v) is 4.92. The van der Waals surface area contributed by atoms with Crippen molar-refractivity contribution in [3.63, 3.8) is 0 Å². The predicted octanol–water partition coefficient (Wildman–Crippen LogP) is 6.87. The van der Waals surface area contributed by atoms with Gasteiger partial charge in [-0.2, -0.15) is 0 Å². The first kappa shape index (κ1) is 22.6. The molecule has 1 amide bonds. The molecule has 0 saturated heterocycles. The first-order valence-electron chi connectivity index (χ1n) is 10.8. The average Bonchev–Trinajstić information content (AvgIpc) is 2.86. The van der Waals surface area contributed by atoms with Gasteiger partial charge < -0.3 is 14.2 Å². The Hall–Kier alpha value is -4.58. The summed E-state index contributed by atoms with van der Waals surface area (Å²) in [6, 6.07) is 29.8. The lowest BCUT2D eigenvalue weighted by atomic mass is 10.1. The third-order valence-electron chi connectivity index (χ3n) is 4.92. The molecule has 0 bridgehead atoms. The number of esters is 1. The lowest BCUT2D eigenvalue weighted by Crippen LogP contribution is -2.17. The van der Waals surface area contributed by atoms with E-state index in [1.54, 1.807) is 78.9 Å². The number of carbonyl (C=O) groups excluding carboxylic acids is 2. The molecule has 6 heteroatoms. The summed E-state index contributed by atoms with van der Waals surface area (Å²) in [4.78, 5) is 25.3. The minimum Gasteiger partial charge on any atom is -0.454 e. The fourth-order valence-electron chi connectivity index (χ4n) is 3.21. The van der Waals surface area contributed by atoms with Gasteiger partial charge in [-0.05, 0) is 60.5 Å². The van der Waals surface area contributed by atoms with Gasteiger partial charge in [0.05, 0.1) is 5.69 Å². The Labute approximate surface area is 197 Å². The maximum absolute atomic E-state index is 12.8. The summed E-state index contributed by atoms with van der Waals surface area (Å²) in [7, 11) is 0. The van der Waals surface area contributed by atoms with E-state index in [0.717, 1.165) is 12.0 Å². The predicted molar refractivity (Wildman–Crippen MR) is 130 cm³/mol. The molecule has 0 unspecified atom stereocenters. The molecule has 0 aliphatic rings. The fraction of sp³-hybridized carbons (Fsp3) is 0.0714. The first-order chi connectivity index (χ1) is 16.6. The van der Waals surface area contributed by atoms with Crippen LogP contribution in [0.3, 0.4) is 0 Å². The van der Waals surface area contributed by atoms with E-state index in [1.807, 2.05) is 31.2 Å². The van der Waals surface area contributed by atoms with Gasteiger partial charge in [-0.15, -0.1) is 0 Å². The molecular weight excluding hydrogens is 430 g/mol. The second-order valence-corrected chi connectivity index (χ2v) is 7.31. The fourth-order valence-corrected chi connectivity index (χ4v) is 3.21. The lowest BCUT2D eigenvalue weighted by Gasteiger charge is -2.15. The number of carbonyl (C=O) groups is 2. The zero-order chi connectivity index (χ0) is 23.8. The highest BCUT2D eigenvalue weighted by Gasteiger charge is 2.18. The molecule has 0 aromatic heterocycles. The maximum Gasteiger partial charge on any atom is 0.417 e. The highest BCUT2D eigenvalue weighted by atomic mass is 16.6. The van der Waals surface area contributed by atoms with Gasteiger partial charge in [0, 0.05) is 0 Å². The molecule has 6 nitrogen and oxygen atoms in total. The smallest absolute Gasteiger partial charge is 0.417 e. The highest BCUT2D eigenvalue weighted by molar-refractivity contribution is 5.94. The van der Waals surface area contributed by atoms with E-state index in [0.29, 0.717) is 28.7 Å². The summed E-state index contributed by atoms with van der Waals surface area (Å²) in [5.74, 6) is 0.961. The lowest BCUT2D eigenvalue weighted by molar-refractivity contribution is 0.0732. The Bertz CT molecular complexity index is 1270. The molecule has 4 rings (SSSR count). The molecule has 4 aromatic rings. The van der Waals surface area contributed by atoms with Crippen molar-refractivity contribution in [1.82, 2.24) is 0 Å². The summed E-state index contributed by atoms with van der Waals surface area (Å²) in [5.41, 5.74) is 1.68. The topological polar surface area (TPSA) is 73.9 Å². The number of anilines is 1. The van der Waals surface area contributed by atoms with Crippen molar-refractivity contribution in [2.45, 2.75) is 13.3 Å². The third kappa shape index (κ3) is 5.81. The van der Waals surface area contributed by atoms with Crippen LogP contribution in [0.15, 0.2) is 103 Å². The van der Waals surface area contributed by atoms with Gasteiger partial charge in [0.2, 0.25) is 0 Å². The molecule has 1 N–H and O–H groups in total. The van der Waals surface area contributed by atoms with E-state index < -0.39 is 12.1 Å². The summed E-state index contributed by atoms with van der Waals surface area (Å²) in [5, 5.41) is 2.74. The molecule has 0 aliphatic carbocycles. The van der Waals surface area contributed by atoms with Crippen LogP contribution in [0.5, 0.6) is 23.0 Å². The SMILES string of the molecule is CCc1ccc(Oc2ccccc2C(=O)Oc2ccccc2)c(NC(=O)Oc2ccccc2)c1. The Morgan fingerprint density at radius 2 is 1.32 bits per heavy atom. The summed E-state index contributed by atoms with van der Waals surface area (Å²) >= 11 is 0. The number of amides is 1. The van der Waals surface area contributed by atoms with Crippen molar-refractivity contribution in [3.05, 3.63) is 114 Å². The molecule has 0 radical (unpaired) electrons. The Kier molecular flexibility index (Phi) is 7.20. The second-order valence-electron chi connectivity index (χ2n) is 7.31. The van der Waals surface area contributed by atoms with Crippen molar-refractivity contribution in [2.75, 3.05) is 5.32 Å². The number of benzene rings is 4. The zero-order valence-corrected chi connectivity index (χ0v) is 18.6. The van der Waals surface area contributed by atoms with Crippen LogP contribution >= 0.6 is 0 Å². The van der Waals surface area contributed by atoms with Crippen LogP contribution < -0.4 is 19.5 Å². The zero-order valence-electron chi connectivity index (χ0n) is 18.6. The van der Waals surface area contributed by atoms with E-state index in [4.69, 9.17) is 14.2 Å². The quantitative estimate of drug-likeness (QED) is 0.244. The number of ether oxygens (including phenoxy) is 3. The molecule has 34 heavy (non-hydrogen) atoms. The van der Waals surface area contributed by atoms with Gasteiger partial charge in [0.1, 0.15) is 22.8 Å². The monoisotopic (exact) mass is 453 g/mol. The van der Waals surface area contributed by atoms with Gasteiger partial charge in [0.15, 0.2) is 5.75 Å². The molecule has 4 aromatic carbocycles. The molecule has 0 fully saturated rings. The molecule has 0 saturated carbocycles. The molecular formula is C28H23NO5. The number of aryl methyl sites for hydroxylation is 1. The van der Waals surface area contributed by atoms with Gasteiger partial charge in [-0.25, -0.2) is 9.59 Å². The molecule has 0 aliphatic heterocycles. The van der Waals surface area contributed by atoms with Gasteiger partial charge in [0.25, 0.3) is 0 Å². The minimum absolute atomic E-state index is 0.253. The number of para-hydroxylation sites is 3. The highest BCUT2D eigenvalue weighted by Crippen LogP contribution is 2.33. The number of nitrogens with one attached hydrogen (secondary N) is 1. The van der Waals surface area contributed by atoms with Crippen LogP contribution in [0.4, 0.5) is 10.5 Å². The minimum atomic E-state index is -0.652. The van der Waals surface area contributed by atoms with E-state index in [1.165, 1.54) is 0 Å². The Morgan fingerprint density at radius 1 is 0.706 bits per heavy atom. The Morgan fingerprint density at radius 3 is 2.00 bits per heavy atom. The van der Waals surface area contributed by atoms with Crippen LogP contribution in [0.1, 0.15) is 22.8 Å². The summed E-state index contributed by atoms with van der Waals surface area (Å²) in [6.45, 7) is 2.01. The standard InChI is InChI=1S/C28H23NO5/c1-2-20-17-18-26(24(19-20)29-28(31)33-22-13-7-4-8-14-22)34-25-16-10-9-15-23(25)27(30)32-21-11-5-3-6-12-21/h3-19H,2H2,1H3,(H,29,31). The molecule has 0 spiro atoms. The van der Waals surface area contributed by atoms with E-state index >= 15 is 0 Å². The number of rotatable bonds is 7. The number of hydrogen-bond acceptors (Lipinski definition) is 5. The Balaban J connectivity index is 1.57. The summed E-state index contributed by atoms with van der Waals surface area (Å²) in [6.07, 6.45) is 0.115. The summed E-state index contributed by atoms with van der Waals surface area (Å²) < 4.78 is 16.9. The van der Waals surface area contributed by atoms with Crippen molar-refractivity contribution >= 4 is 17.7 Å². The van der Waals surface area contributed by atoms with Crippen LogP contribution in [-0.2, 0) is 6.42 Å². The molecule has 170 valence electrons. The van der Waals surface area contributed by atoms with Crippen LogP contribution in [0.2, 0.25) is 0 Å². The van der Waals surface area contributed by atoms with Gasteiger partial charge >= 0.3 is 12.1 Å². The van der Waals surface area contributed by atoms with E-state index in [-0.39, 0.29) is 5.56 Å². The molecule has 0 heterocycles. The maximum atomic E-state index is 12.8. The van der Waals surface area contributed by atoms with Gasteiger partial charge in [-0.1, -0.05) is 61.5 Å². The van der Waals surface area contributed by atoms with E-state index in [2.05, 4.69) is 5.32 Å². The van der Waals surface area contributed by atoms with Crippen molar-refractivity contribution in [2.24, 2.45) is 0 Å². The van der Waals surface area contributed by atoms with Crippen molar-refractivity contribution in [3.8, 4) is 23.0 Å². The molecule has 0 atom stereocenters. The normalized spacial score (nSPS) is 10.3. The van der Waals surface area contributed by atoms with Crippen molar-refractivity contribution < 1.29 is 23.8 Å². The van der Waals surface area contributed by atoms with Crippen LogP contribution in [0.25, 0.3) is 0 Å². The largest absolute Gasteiger partial charge is 0.454 e. The second kappa shape index (κ2) is 10.8. The van der Waals surface area contributed by atoms with Crippen molar-refractivity contribution in [1.29, 1.82) is 0 Å². The van der Waals surface area contributed by atoms with Gasteiger partial charge in [-0.3, -0.25) is 5.32 Å².